The van der Waals surface area contributed by atoms with Crippen LogP contribution in [0.15, 0.2) is 78.9 Å². The molecule has 2 nitrogen and oxygen atoms in total. The van der Waals surface area contributed by atoms with Gasteiger partial charge in [0.05, 0.1) is 11.6 Å². The summed E-state index contributed by atoms with van der Waals surface area (Å²) in [6.45, 7) is 4.27. The zero-order valence-corrected chi connectivity index (χ0v) is 16.9. The molecule has 0 saturated heterocycles. The van der Waals surface area contributed by atoms with Gasteiger partial charge in [-0.2, -0.15) is 0 Å². The van der Waals surface area contributed by atoms with Gasteiger partial charge in [0.2, 0.25) is 0 Å². The molecule has 1 saturated carbocycles. The monoisotopic (exact) mass is 370 g/mol. The average Bonchev–Trinajstić information content (AvgIpc) is 2.73. The Balaban J connectivity index is 1.72. The van der Waals surface area contributed by atoms with Crippen LogP contribution in [0, 0.1) is 13.8 Å². The maximum Gasteiger partial charge on any atom is 0.0826 e. The van der Waals surface area contributed by atoms with Crippen molar-refractivity contribution in [3.05, 3.63) is 95.6 Å². The zero-order valence-electron chi connectivity index (χ0n) is 16.9. The molecule has 144 valence electrons. The summed E-state index contributed by atoms with van der Waals surface area (Å²) in [5.41, 5.74) is 6.20. The van der Waals surface area contributed by atoms with Gasteiger partial charge in [0.25, 0.3) is 0 Å². The van der Waals surface area contributed by atoms with Crippen molar-refractivity contribution in [2.45, 2.75) is 51.1 Å². The molecule has 28 heavy (non-hydrogen) atoms. The summed E-state index contributed by atoms with van der Waals surface area (Å²) in [6.07, 6.45) is 4.77. The van der Waals surface area contributed by atoms with E-state index in [0.717, 1.165) is 12.8 Å². The smallest absolute Gasteiger partial charge is 0.0826 e. The van der Waals surface area contributed by atoms with E-state index in [-0.39, 0.29) is 5.54 Å². The minimum atomic E-state index is -0.125. The van der Waals surface area contributed by atoms with Gasteiger partial charge in [0, 0.05) is 11.4 Å². The molecule has 4 rings (SSSR count). The molecule has 3 aromatic carbocycles. The fourth-order valence-corrected chi connectivity index (χ4v) is 4.42. The Kier molecular flexibility index (Phi) is 5.38. The van der Waals surface area contributed by atoms with Gasteiger partial charge in [-0.3, -0.25) is 0 Å². The Morgan fingerprint density at radius 3 is 1.96 bits per heavy atom. The summed E-state index contributed by atoms with van der Waals surface area (Å²) in [5, 5.41) is 7.82. The molecule has 1 aliphatic rings. The highest BCUT2D eigenvalue weighted by atomic mass is 15.1. The zero-order chi connectivity index (χ0) is 19.4. The first-order valence-corrected chi connectivity index (χ1v) is 10.4. The minimum Gasteiger partial charge on any atom is -0.380 e. The van der Waals surface area contributed by atoms with Crippen LogP contribution in [0.1, 0.15) is 42.4 Å². The van der Waals surface area contributed by atoms with Gasteiger partial charge >= 0.3 is 0 Å². The Bertz CT molecular complexity index is 884. The number of rotatable bonds is 5. The van der Waals surface area contributed by atoms with Crippen LogP contribution in [0.2, 0.25) is 0 Å². The van der Waals surface area contributed by atoms with E-state index in [1.807, 2.05) is 0 Å². The molecule has 2 atom stereocenters. The minimum absolute atomic E-state index is 0.125. The number of nitrogens with one attached hydrogen (secondary N) is 2. The topological polar surface area (TPSA) is 24.1 Å². The van der Waals surface area contributed by atoms with E-state index in [1.165, 1.54) is 40.9 Å². The summed E-state index contributed by atoms with van der Waals surface area (Å²) in [7, 11) is 0. The molecule has 2 heteroatoms. The lowest BCUT2D eigenvalue weighted by molar-refractivity contribution is 0.298. The number of hydrogen-bond acceptors (Lipinski definition) is 2. The van der Waals surface area contributed by atoms with E-state index in [0.29, 0.717) is 6.04 Å². The van der Waals surface area contributed by atoms with E-state index in [4.69, 9.17) is 0 Å². The fourth-order valence-electron chi connectivity index (χ4n) is 4.42. The van der Waals surface area contributed by atoms with Crippen LogP contribution in [0.4, 0.5) is 11.4 Å². The van der Waals surface area contributed by atoms with Crippen LogP contribution in [-0.2, 0) is 5.54 Å². The summed E-state index contributed by atoms with van der Waals surface area (Å²) < 4.78 is 0. The normalized spacial score (nSPS) is 21.9. The predicted molar refractivity (Wildman–Crippen MR) is 120 cm³/mol. The second-order valence-electron chi connectivity index (χ2n) is 8.14. The molecule has 0 radical (unpaired) electrons. The van der Waals surface area contributed by atoms with Gasteiger partial charge in [0.15, 0.2) is 0 Å². The van der Waals surface area contributed by atoms with Crippen molar-refractivity contribution in [2.24, 2.45) is 0 Å². The number of aryl methyl sites for hydroxylation is 2. The van der Waals surface area contributed by atoms with Crippen molar-refractivity contribution in [3.63, 3.8) is 0 Å². The fraction of sp³-hybridized carbons (Fsp3) is 0.308. The number of benzene rings is 3. The van der Waals surface area contributed by atoms with Crippen LogP contribution >= 0.6 is 0 Å². The summed E-state index contributed by atoms with van der Waals surface area (Å²) >= 11 is 0. The summed E-state index contributed by atoms with van der Waals surface area (Å²) in [6, 6.07) is 28.8. The largest absolute Gasteiger partial charge is 0.380 e. The quantitative estimate of drug-likeness (QED) is 0.524. The highest BCUT2D eigenvalue weighted by molar-refractivity contribution is 5.53. The van der Waals surface area contributed by atoms with Crippen LogP contribution in [-0.4, -0.2) is 6.04 Å². The highest BCUT2D eigenvalue weighted by Gasteiger charge is 2.42. The van der Waals surface area contributed by atoms with Crippen molar-refractivity contribution >= 4 is 11.4 Å². The molecular weight excluding hydrogens is 340 g/mol. The Hall–Kier alpha value is -2.74. The molecule has 0 bridgehead atoms. The number of hydrogen-bond donors (Lipinski definition) is 2. The molecule has 0 aromatic heterocycles. The first-order chi connectivity index (χ1) is 13.7. The molecule has 2 N–H and O–H groups in total. The molecule has 0 aliphatic heterocycles. The second-order valence-corrected chi connectivity index (χ2v) is 8.14. The summed E-state index contributed by atoms with van der Waals surface area (Å²) in [5.74, 6) is 0. The third-order valence-corrected chi connectivity index (χ3v) is 6.01. The van der Waals surface area contributed by atoms with Crippen molar-refractivity contribution in [2.75, 3.05) is 10.6 Å². The molecular formula is C26H30N2. The van der Waals surface area contributed by atoms with Crippen molar-refractivity contribution in [1.29, 1.82) is 0 Å². The van der Waals surface area contributed by atoms with E-state index in [9.17, 15) is 0 Å². The Morgan fingerprint density at radius 2 is 1.32 bits per heavy atom. The lowest BCUT2D eigenvalue weighted by Crippen LogP contribution is -2.52. The van der Waals surface area contributed by atoms with Gasteiger partial charge in [-0.15, -0.1) is 0 Å². The molecule has 3 aromatic rings. The van der Waals surface area contributed by atoms with Crippen LogP contribution < -0.4 is 10.6 Å². The molecule has 2 unspecified atom stereocenters. The van der Waals surface area contributed by atoms with Gasteiger partial charge in [0.1, 0.15) is 0 Å². The van der Waals surface area contributed by atoms with Crippen LogP contribution in [0.3, 0.4) is 0 Å². The average molecular weight is 371 g/mol. The van der Waals surface area contributed by atoms with Crippen molar-refractivity contribution in [3.8, 4) is 0 Å². The first-order valence-electron chi connectivity index (χ1n) is 10.4. The third-order valence-electron chi connectivity index (χ3n) is 6.01. The van der Waals surface area contributed by atoms with Crippen LogP contribution in [0.5, 0.6) is 0 Å². The molecule has 0 heterocycles. The van der Waals surface area contributed by atoms with E-state index < -0.39 is 0 Å². The Morgan fingerprint density at radius 1 is 0.714 bits per heavy atom. The molecule has 0 amide bonds. The SMILES string of the molecule is Cc1ccc(NC2CCCCC2(Nc2ccc(C)cc2)c2ccccc2)cc1. The van der Waals surface area contributed by atoms with Gasteiger partial charge < -0.3 is 10.6 Å². The second kappa shape index (κ2) is 8.10. The van der Waals surface area contributed by atoms with Crippen molar-refractivity contribution in [1.82, 2.24) is 0 Å². The predicted octanol–water partition coefficient (Wildman–Crippen LogP) is 6.67. The van der Waals surface area contributed by atoms with Gasteiger partial charge in [-0.1, -0.05) is 78.6 Å². The first kappa shape index (κ1) is 18.6. The van der Waals surface area contributed by atoms with Gasteiger partial charge in [-0.25, -0.2) is 0 Å². The van der Waals surface area contributed by atoms with E-state index >= 15 is 0 Å². The van der Waals surface area contributed by atoms with E-state index in [1.54, 1.807) is 0 Å². The van der Waals surface area contributed by atoms with Crippen LogP contribution in [0.25, 0.3) is 0 Å². The third kappa shape index (κ3) is 3.91. The standard InChI is InChI=1S/C26H30N2/c1-20-11-15-23(16-12-20)27-25-10-6-7-19-26(25,22-8-4-3-5-9-22)28-24-17-13-21(2)14-18-24/h3-5,8-9,11-18,25,27-28H,6-7,10,19H2,1-2H3. The lowest BCUT2D eigenvalue weighted by Gasteiger charge is -2.46. The molecule has 0 spiro atoms. The maximum atomic E-state index is 3.96. The number of anilines is 2. The van der Waals surface area contributed by atoms with Crippen molar-refractivity contribution < 1.29 is 0 Å². The molecule has 1 aliphatic carbocycles. The molecule has 1 fully saturated rings. The summed E-state index contributed by atoms with van der Waals surface area (Å²) in [4.78, 5) is 0. The van der Waals surface area contributed by atoms with E-state index in [2.05, 4.69) is 103 Å². The van der Waals surface area contributed by atoms with Gasteiger partial charge in [-0.05, 0) is 56.5 Å². The maximum absolute atomic E-state index is 3.96. The lowest BCUT2D eigenvalue weighted by atomic mass is 9.72. The highest BCUT2D eigenvalue weighted by Crippen LogP contribution is 2.41. The Labute approximate surface area is 169 Å².